The average Bonchev–Trinajstić information content (AvgIpc) is 2.65. The third-order valence-electron chi connectivity index (χ3n) is 5.95. The number of hydrogen-bond donors (Lipinski definition) is 0. The topological polar surface area (TPSA) is 44.8 Å². The first-order valence-corrected chi connectivity index (χ1v) is 12.1. The highest BCUT2D eigenvalue weighted by Gasteiger charge is 2.48. The van der Waals surface area contributed by atoms with Crippen LogP contribution >= 0.6 is 0 Å². The highest BCUT2D eigenvalue weighted by atomic mass is 28.3. The average molecular weight is 405 g/mol. The van der Waals surface area contributed by atoms with E-state index < -0.39 is 8.07 Å². The van der Waals surface area contributed by atoms with Gasteiger partial charge in [-0.1, -0.05) is 41.5 Å². The standard InChI is InChI=1S/C23H36O4Si/c1-15(2)28(16(3)4,17(5)6)22(14-24)23(18(7)25-8)19-11-20(26-9)13-21(12-19)27-10/h11-13,15-17H,1-10H3/b23-18+. The summed E-state index contributed by atoms with van der Waals surface area (Å²) in [6, 6.07) is 5.68. The van der Waals surface area contributed by atoms with Gasteiger partial charge in [0.15, 0.2) is 0 Å². The molecule has 0 amide bonds. The van der Waals surface area contributed by atoms with E-state index >= 15 is 0 Å². The Bertz CT molecular complexity index is 712. The highest BCUT2D eigenvalue weighted by molar-refractivity contribution is 6.93. The van der Waals surface area contributed by atoms with E-state index in [2.05, 4.69) is 47.5 Å². The molecular weight excluding hydrogens is 368 g/mol. The number of carbonyl (C=O) groups excluding carboxylic acids is 1. The van der Waals surface area contributed by atoms with Gasteiger partial charge in [0, 0.05) is 16.8 Å². The normalized spacial score (nSPS) is 12.8. The van der Waals surface area contributed by atoms with Crippen molar-refractivity contribution < 1.29 is 19.0 Å². The maximum atomic E-state index is 12.5. The second-order valence-corrected chi connectivity index (χ2v) is 13.9. The number of allylic oxidation sites excluding steroid dienone is 3. The van der Waals surface area contributed by atoms with E-state index in [-0.39, 0.29) is 0 Å². The Balaban J connectivity index is 3.95. The molecule has 0 saturated carbocycles. The summed E-state index contributed by atoms with van der Waals surface area (Å²) < 4.78 is 16.6. The van der Waals surface area contributed by atoms with Crippen LogP contribution in [0.2, 0.25) is 16.6 Å². The molecule has 0 aliphatic rings. The molecule has 0 bridgehead atoms. The van der Waals surface area contributed by atoms with Crippen LogP contribution in [-0.2, 0) is 9.53 Å². The van der Waals surface area contributed by atoms with Crippen LogP contribution in [-0.4, -0.2) is 35.3 Å². The number of benzene rings is 1. The van der Waals surface area contributed by atoms with Gasteiger partial charge < -0.3 is 14.2 Å². The number of rotatable bonds is 9. The molecule has 1 rings (SSSR count). The summed E-state index contributed by atoms with van der Waals surface area (Å²) >= 11 is 0. The van der Waals surface area contributed by atoms with Gasteiger partial charge in [0.25, 0.3) is 0 Å². The minimum atomic E-state index is -2.26. The number of hydrogen-bond acceptors (Lipinski definition) is 4. The van der Waals surface area contributed by atoms with E-state index in [9.17, 15) is 4.79 Å². The second-order valence-electron chi connectivity index (χ2n) is 8.11. The smallest absolute Gasteiger partial charge is 0.124 e. The van der Waals surface area contributed by atoms with E-state index in [0.29, 0.717) is 33.9 Å². The van der Waals surface area contributed by atoms with Crippen LogP contribution in [0.15, 0.2) is 29.2 Å². The lowest BCUT2D eigenvalue weighted by Gasteiger charge is -2.44. The molecule has 0 spiro atoms. The minimum absolute atomic E-state index is 0.371. The van der Waals surface area contributed by atoms with Crippen molar-refractivity contribution in [1.82, 2.24) is 0 Å². The van der Waals surface area contributed by atoms with Crippen molar-refractivity contribution in [2.45, 2.75) is 65.1 Å². The molecule has 0 fully saturated rings. The van der Waals surface area contributed by atoms with E-state index in [1.54, 1.807) is 21.3 Å². The fourth-order valence-corrected chi connectivity index (χ4v) is 11.5. The lowest BCUT2D eigenvalue weighted by atomic mass is 10.0. The van der Waals surface area contributed by atoms with Gasteiger partial charge in [-0.3, -0.25) is 0 Å². The molecule has 0 saturated heterocycles. The number of methoxy groups -OCH3 is 3. The van der Waals surface area contributed by atoms with E-state index in [1.165, 1.54) is 0 Å². The van der Waals surface area contributed by atoms with Crippen molar-refractivity contribution in [3.05, 3.63) is 34.7 Å². The van der Waals surface area contributed by atoms with Gasteiger partial charge in [0.1, 0.15) is 31.3 Å². The molecule has 4 nitrogen and oxygen atoms in total. The van der Waals surface area contributed by atoms with Gasteiger partial charge in [-0.15, -0.1) is 0 Å². The first-order chi connectivity index (χ1) is 13.1. The first-order valence-electron chi connectivity index (χ1n) is 9.85. The van der Waals surface area contributed by atoms with Crippen molar-refractivity contribution in [2.24, 2.45) is 0 Å². The summed E-state index contributed by atoms with van der Waals surface area (Å²) in [5, 5.41) is 0.780. The third kappa shape index (κ3) is 4.36. The quantitative estimate of drug-likeness (QED) is 0.217. The molecule has 156 valence electrons. The van der Waals surface area contributed by atoms with Crippen LogP contribution in [0, 0.1) is 0 Å². The van der Waals surface area contributed by atoms with Gasteiger partial charge >= 0.3 is 0 Å². The first kappa shape index (κ1) is 24.1. The van der Waals surface area contributed by atoms with Crippen molar-refractivity contribution in [3.8, 4) is 11.5 Å². The Morgan fingerprint density at radius 1 is 0.857 bits per heavy atom. The molecule has 28 heavy (non-hydrogen) atoms. The monoisotopic (exact) mass is 404 g/mol. The van der Waals surface area contributed by atoms with E-state index in [1.807, 2.05) is 25.1 Å². The Labute approximate surface area is 171 Å². The molecule has 1 aromatic rings. The summed E-state index contributed by atoms with van der Waals surface area (Å²) in [6.45, 7) is 15.3. The molecule has 0 radical (unpaired) electrons. The molecule has 0 aliphatic heterocycles. The molecule has 0 aliphatic carbocycles. The number of ether oxygens (including phenoxy) is 3. The molecule has 0 N–H and O–H groups in total. The summed E-state index contributed by atoms with van der Waals surface area (Å²) in [7, 11) is 2.62. The predicted octanol–water partition coefficient (Wildman–Crippen LogP) is 6.06. The largest absolute Gasteiger partial charge is 0.501 e. The SMILES string of the molecule is CO/C(C)=C(/C(=C=O)[Si](C(C)C)(C(C)C)C(C)C)c1cc(OC)cc(OC)c1. The van der Waals surface area contributed by atoms with Gasteiger partial charge in [-0.25, -0.2) is 4.79 Å². The lowest BCUT2D eigenvalue weighted by Crippen LogP contribution is -2.47. The van der Waals surface area contributed by atoms with Crippen LogP contribution in [0.5, 0.6) is 11.5 Å². The molecule has 0 aromatic heterocycles. The second kappa shape index (κ2) is 9.99. The van der Waals surface area contributed by atoms with Gasteiger partial charge in [0.2, 0.25) is 0 Å². The molecule has 0 unspecified atom stereocenters. The van der Waals surface area contributed by atoms with Crippen LogP contribution in [0.1, 0.15) is 54.0 Å². The van der Waals surface area contributed by atoms with Crippen molar-refractivity contribution in [2.75, 3.05) is 21.3 Å². The molecule has 0 heterocycles. The Kier molecular flexibility index (Phi) is 8.59. The van der Waals surface area contributed by atoms with Crippen molar-refractivity contribution >= 4 is 19.6 Å². The van der Waals surface area contributed by atoms with Gasteiger partial charge in [-0.05, 0) is 41.2 Å². The van der Waals surface area contributed by atoms with Crippen molar-refractivity contribution in [1.29, 1.82) is 0 Å². The zero-order valence-corrected chi connectivity index (χ0v) is 20.1. The molecule has 5 heteroatoms. The molecular formula is C23H36O4Si. The van der Waals surface area contributed by atoms with Gasteiger partial charge in [-0.2, -0.15) is 0 Å². The summed E-state index contributed by atoms with van der Waals surface area (Å²) in [6.07, 6.45) is 0. The Morgan fingerprint density at radius 2 is 1.29 bits per heavy atom. The predicted molar refractivity (Wildman–Crippen MR) is 119 cm³/mol. The zero-order chi connectivity index (χ0) is 21.6. The van der Waals surface area contributed by atoms with Crippen molar-refractivity contribution in [3.63, 3.8) is 0 Å². The lowest BCUT2D eigenvalue weighted by molar-refractivity contribution is 0.296. The van der Waals surface area contributed by atoms with Crippen LogP contribution in [0.4, 0.5) is 0 Å². The van der Waals surface area contributed by atoms with Crippen LogP contribution in [0.25, 0.3) is 5.57 Å². The zero-order valence-electron chi connectivity index (χ0n) is 19.1. The minimum Gasteiger partial charge on any atom is -0.501 e. The summed E-state index contributed by atoms with van der Waals surface area (Å²) in [4.78, 5) is 12.5. The maximum absolute atomic E-state index is 12.5. The van der Waals surface area contributed by atoms with E-state index in [0.717, 1.165) is 16.3 Å². The maximum Gasteiger partial charge on any atom is 0.124 e. The van der Waals surface area contributed by atoms with Crippen LogP contribution in [0.3, 0.4) is 0 Å². The summed E-state index contributed by atoms with van der Waals surface area (Å²) in [5.41, 5.74) is 2.79. The van der Waals surface area contributed by atoms with Crippen LogP contribution < -0.4 is 9.47 Å². The Morgan fingerprint density at radius 3 is 1.57 bits per heavy atom. The van der Waals surface area contributed by atoms with Gasteiger partial charge in [0.05, 0.1) is 21.3 Å². The fraction of sp³-hybridized carbons (Fsp3) is 0.565. The molecule has 1 aromatic carbocycles. The van der Waals surface area contributed by atoms with E-state index in [4.69, 9.17) is 14.2 Å². The highest BCUT2D eigenvalue weighted by Crippen LogP contribution is 2.50. The molecule has 0 atom stereocenters. The Hall–Kier alpha value is -1.97. The fourth-order valence-electron chi connectivity index (χ4n) is 4.80. The summed E-state index contributed by atoms with van der Waals surface area (Å²) in [5.74, 6) is 4.43. The third-order valence-corrected chi connectivity index (χ3v) is 12.9.